The Bertz CT molecular complexity index is 433. The van der Waals surface area contributed by atoms with Crippen LogP contribution in [0.5, 0.6) is 5.75 Å². The summed E-state index contributed by atoms with van der Waals surface area (Å²) in [5.41, 5.74) is 0.517. The largest absolute Gasteiger partial charge is 0.508 e. The van der Waals surface area contributed by atoms with E-state index in [9.17, 15) is 14.3 Å². The van der Waals surface area contributed by atoms with Crippen LogP contribution < -0.4 is 10.6 Å². The molecule has 0 radical (unpaired) electrons. The van der Waals surface area contributed by atoms with E-state index in [-0.39, 0.29) is 23.4 Å². The number of nitrogens with one attached hydrogen (secondary N) is 2. The lowest BCUT2D eigenvalue weighted by Gasteiger charge is -2.08. The van der Waals surface area contributed by atoms with Crippen molar-refractivity contribution in [2.75, 3.05) is 13.1 Å². The third-order valence-electron chi connectivity index (χ3n) is 2.91. The molecule has 2 rings (SSSR count). The average Bonchev–Trinajstić information content (AvgIpc) is 3.17. The van der Waals surface area contributed by atoms with E-state index in [2.05, 4.69) is 10.6 Å². The topological polar surface area (TPSA) is 61.4 Å². The van der Waals surface area contributed by atoms with Crippen LogP contribution in [0.1, 0.15) is 18.4 Å². The highest BCUT2D eigenvalue weighted by molar-refractivity contribution is 5.80. The maximum absolute atomic E-state index is 12.9. The summed E-state index contributed by atoms with van der Waals surface area (Å²) in [7, 11) is 0. The molecule has 1 aliphatic carbocycles. The zero-order chi connectivity index (χ0) is 13.0. The quantitative estimate of drug-likeness (QED) is 0.665. The van der Waals surface area contributed by atoms with Gasteiger partial charge in [0.05, 0.1) is 0 Å². The van der Waals surface area contributed by atoms with Gasteiger partial charge in [-0.2, -0.15) is 0 Å². The van der Waals surface area contributed by atoms with E-state index in [0.717, 1.165) is 12.8 Å². The van der Waals surface area contributed by atoms with Gasteiger partial charge in [0.15, 0.2) is 0 Å². The van der Waals surface area contributed by atoms with Crippen LogP contribution in [0.3, 0.4) is 0 Å². The molecule has 0 aromatic heterocycles. The Balaban J connectivity index is 1.65. The van der Waals surface area contributed by atoms with Gasteiger partial charge in [-0.25, -0.2) is 4.39 Å². The van der Waals surface area contributed by atoms with Crippen LogP contribution in [0, 0.1) is 11.7 Å². The first-order valence-electron chi connectivity index (χ1n) is 6.12. The molecule has 18 heavy (non-hydrogen) atoms. The minimum atomic E-state index is -0.369. The van der Waals surface area contributed by atoms with Crippen LogP contribution in [0.15, 0.2) is 18.2 Å². The lowest BCUT2D eigenvalue weighted by Crippen LogP contribution is -2.32. The van der Waals surface area contributed by atoms with Crippen LogP contribution in [-0.2, 0) is 11.3 Å². The minimum absolute atomic E-state index is 0.0749. The van der Waals surface area contributed by atoms with Gasteiger partial charge < -0.3 is 15.7 Å². The highest BCUT2D eigenvalue weighted by Crippen LogP contribution is 2.28. The van der Waals surface area contributed by atoms with Gasteiger partial charge in [-0.3, -0.25) is 4.79 Å². The summed E-state index contributed by atoms with van der Waals surface area (Å²) in [6, 6.07) is 3.85. The van der Waals surface area contributed by atoms with Crippen LogP contribution in [-0.4, -0.2) is 24.1 Å². The van der Waals surface area contributed by atoms with Gasteiger partial charge in [0, 0.05) is 31.1 Å². The van der Waals surface area contributed by atoms with E-state index in [0.29, 0.717) is 25.2 Å². The molecule has 1 amide bonds. The molecule has 0 bridgehead atoms. The first-order chi connectivity index (χ1) is 8.66. The Morgan fingerprint density at radius 1 is 1.39 bits per heavy atom. The number of carbonyl (C=O) groups excluding carboxylic acids is 1. The van der Waals surface area contributed by atoms with E-state index in [4.69, 9.17) is 0 Å². The Kier molecular flexibility index (Phi) is 4.15. The van der Waals surface area contributed by atoms with Crippen molar-refractivity contribution in [2.45, 2.75) is 19.4 Å². The van der Waals surface area contributed by atoms with Crippen molar-refractivity contribution in [3.8, 4) is 5.75 Å². The Hall–Kier alpha value is -1.62. The third kappa shape index (κ3) is 3.70. The number of phenols is 1. The molecule has 1 aromatic carbocycles. The molecule has 5 heteroatoms. The Morgan fingerprint density at radius 3 is 2.89 bits per heavy atom. The smallest absolute Gasteiger partial charge is 0.223 e. The summed E-state index contributed by atoms with van der Waals surface area (Å²) in [6.07, 6.45) is 1.99. The maximum Gasteiger partial charge on any atom is 0.223 e. The molecule has 0 unspecified atom stereocenters. The first kappa shape index (κ1) is 12.8. The van der Waals surface area contributed by atoms with Crippen molar-refractivity contribution in [1.29, 1.82) is 0 Å². The number of halogens is 1. The minimum Gasteiger partial charge on any atom is -0.508 e. The van der Waals surface area contributed by atoms with Crippen LogP contribution in [0.4, 0.5) is 4.39 Å². The zero-order valence-electron chi connectivity index (χ0n) is 10.1. The zero-order valence-corrected chi connectivity index (χ0v) is 10.1. The second-order valence-electron chi connectivity index (χ2n) is 4.52. The molecular formula is C13H17FN2O2. The fourth-order valence-corrected chi connectivity index (χ4v) is 1.68. The average molecular weight is 252 g/mol. The molecule has 1 aliphatic rings. The lowest BCUT2D eigenvalue weighted by atomic mass is 10.2. The maximum atomic E-state index is 12.9. The van der Waals surface area contributed by atoms with Gasteiger partial charge in [-0.1, -0.05) is 0 Å². The van der Waals surface area contributed by atoms with Gasteiger partial charge in [-0.05, 0) is 31.0 Å². The molecule has 1 saturated carbocycles. The summed E-state index contributed by atoms with van der Waals surface area (Å²) in [5.74, 6) is 0.0419. The number of amides is 1. The number of hydrogen-bond donors (Lipinski definition) is 3. The van der Waals surface area contributed by atoms with Crippen molar-refractivity contribution >= 4 is 5.91 Å². The number of carbonyl (C=O) groups is 1. The summed E-state index contributed by atoms with van der Waals surface area (Å²) in [6.45, 7) is 1.52. The predicted molar refractivity (Wildman–Crippen MR) is 65.5 cm³/mol. The van der Waals surface area contributed by atoms with Gasteiger partial charge in [0.1, 0.15) is 11.6 Å². The van der Waals surface area contributed by atoms with Crippen molar-refractivity contribution in [3.05, 3.63) is 29.6 Å². The Morgan fingerprint density at radius 2 is 2.17 bits per heavy atom. The van der Waals surface area contributed by atoms with Gasteiger partial charge in [0.2, 0.25) is 5.91 Å². The van der Waals surface area contributed by atoms with Crippen LogP contribution >= 0.6 is 0 Å². The van der Waals surface area contributed by atoms with Crippen molar-refractivity contribution in [3.63, 3.8) is 0 Å². The van der Waals surface area contributed by atoms with E-state index in [1.54, 1.807) is 0 Å². The van der Waals surface area contributed by atoms with E-state index >= 15 is 0 Å². The predicted octanol–water partition coefficient (Wildman–Crippen LogP) is 1.15. The molecule has 1 aromatic rings. The third-order valence-corrected chi connectivity index (χ3v) is 2.91. The molecule has 4 nitrogen and oxygen atoms in total. The number of rotatable bonds is 6. The second kappa shape index (κ2) is 5.82. The van der Waals surface area contributed by atoms with Gasteiger partial charge in [-0.15, -0.1) is 0 Å². The van der Waals surface area contributed by atoms with Crippen molar-refractivity contribution in [2.24, 2.45) is 5.92 Å². The molecule has 0 aliphatic heterocycles. The lowest BCUT2D eigenvalue weighted by molar-refractivity contribution is -0.122. The molecular weight excluding hydrogens is 235 g/mol. The Labute approximate surface area is 105 Å². The molecule has 0 spiro atoms. The first-order valence-corrected chi connectivity index (χ1v) is 6.12. The number of aromatic hydroxyl groups is 1. The summed E-state index contributed by atoms with van der Waals surface area (Å²) in [5, 5.41) is 15.3. The molecule has 0 saturated heterocycles. The summed E-state index contributed by atoms with van der Waals surface area (Å²) < 4.78 is 12.9. The molecule has 98 valence electrons. The van der Waals surface area contributed by atoms with E-state index < -0.39 is 0 Å². The van der Waals surface area contributed by atoms with E-state index in [1.165, 1.54) is 18.2 Å². The molecule has 1 fully saturated rings. The molecule has 0 heterocycles. The SMILES string of the molecule is O=C(NCCNCc1cc(F)ccc1O)C1CC1. The number of benzene rings is 1. The number of phenolic OH excluding ortho intramolecular Hbond substituents is 1. The highest BCUT2D eigenvalue weighted by Gasteiger charge is 2.28. The molecule has 0 atom stereocenters. The normalized spacial score (nSPS) is 14.5. The van der Waals surface area contributed by atoms with Crippen molar-refractivity contribution < 1.29 is 14.3 Å². The van der Waals surface area contributed by atoms with Gasteiger partial charge in [0.25, 0.3) is 0 Å². The summed E-state index contributed by atoms with van der Waals surface area (Å²) in [4.78, 5) is 11.3. The fraction of sp³-hybridized carbons (Fsp3) is 0.462. The monoisotopic (exact) mass is 252 g/mol. The summed E-state index contributed by atoms with van der Waals surface area (Å²) >= 11 is 0. The van der Waals surface area contributed by atoms with E-state index in [1.807, 2.05) is 0 Å². The highest BCUT2D eigenvalue weighted by atomic mass is 19.1. The van der Waals surface area contributed by atoms with Gasteiger partial charge >= 0.3 is 0 Å². The van der Waals surface area contributed by atoms with Crippen LogP contribution in [0.2, 0.25) is 0 Å². The molecule has 3 N–H and O–H groups in total. The van der Waals surface area contributed by atoms with Crippen LogP contribution in [0.25, 0.3) is 0 Å². The fourth-order valence-electron chi connectivity index (χ4n) is 1.68. The standard InChI is InChI=1S/C13H17FN2O2/c14-11-3-4-12(17)10(7-11)8-15-5-6-16-13(18)9-1-2-9/h3-4,7,9,15,17H,1-2,5-6,8H2,(H,16,18). The number of hydrogen-bond acceptors (Lipinski definition) is 3. The second-order valence-corrected chi connectivity index (χ2v) is 4.52. The van der Waals surface area contributed by atoms with Crippen molar-refractivity contribution in [1.82, 2.24) is 10.6 Å².